The molecule has 0 amide bonds. The second kappa shape index (κ2) is 9.25. The summed E-state index contributed by atoms with van der Waals surface area (Å²) in [6, 6.07) is 13.5. The lowest BCUT2D eigenvalue weighted by atomic mass is 9.96. The summed E-state index contributed by atoms with van der Waals surface area (Å²) >= 11 is 0. The van der Waals surface area contributed by atoms with E-state index < -0.39 is 0 Å². The van der Waals surface area contributed by atoms with Crippen LogP contribution in [-0.2, 0) is 6.54 Å². The molecule has 3 unspecified atom stereocenters. The van der Waals surface area contributed by atoms with Crippen LogP contribution >= 0.6 is 0 Å². The zero-order valence-corrected chi connectivity index (χ0v) is 18.5. The molecule has 30 heavy (non-hydrogen) atoms. The first kappa shape index (κ1) is 20.3. The second-order valence-electron chi connectivity index (χ2n) is 9.57. The Hall–Kier alpha value is -1.63. The van der Waals surface area contributed by atoms with Crippen molar-refractivity contribution in [2.75, 3.05) is 45.8 Å². The standard InChI is InChI=1S/C24H38N6/c1-2-25-24(26-16-23-18-28-10-12-29(23)13-11-28)27-20-14-21-8-9-22(15-20)30(21)17-19-6-4-3-5-7-19/h3-7,20-23H,2,8-18H2,1H3,(H2,25,26,27). The Morgan fingerprint density at radius 2 is 1.77 bits per heavy atom. The Morgan fingerprint density at radius 3 is 2.40 bits per heavy atom. The minimum absolute atomic E-state index is 0.541. The number of rotatable bonds is 6. The number of aliphatic imine (C=N–C) groups is 1. The van der Waals surface area contributed by atoms with Crippen LogP contribution in [0.4, 0.5) is 0 Å². The van der Waals surface area contributed by atoms with E-state index in [2.05, 4.69) is 62.6 Å². The van der Waals surface area contributed by atoms with Crippen molar-refractivity contribution in [2.24, 2.45) is 4.99 Å². The fourth-order valence-corrected chi connectivity index (χ4v) is 6.05. The highest BCUT2D eigenvalue weighted by atomic mass is 15.4. The van der Waals surface area contributed by atoms with Gasteiger partial charge in [0.25, 0.3) is 0 Å². The average Bonchev–Trinajstić information content (AvgIpc) is 3.01. The van der Waals surface area contributed by atoms with Crippen molar-refractivity contribution in [1.82, 2.24) is 25.3 Å². The van der Waals surface area contributed by atoms with Crippen LogP contribution in [0.5, 0.6) is 0 Å². The molecule has 1 aromatic carbocycles. The molecule has 0 radical (unpaired) electrons. The highest BCUT2D eigenvalue weighted by molar-refractivity contribution is 5.80. The Balaban J connectivity index is 1.17. The van der Waals surface area contributed by atoms with E-state index in [0.29, 0.717) is 24.2 Å². The first-order chi connectivity index (χ1) is 14.8. The van der Waals surface area contributed by atoms with Crippen molar-refractivity contribution >= 4 is 5.96 Å². The van der Waals surface area contributed by atoms with Gasteiger partial charge < -0.3 is 10.6 Å². The lowest BCUT2D eigenvalue weighted by Gasteiger charge is -2.47. The van der Waals surface area contributed by atoms with E-state index in [1.54, 1.807) is 0 Å². The molecular weight excluding hydrogens is 372 g/mol. The Kier molecular flexibility index (Phi) is 6.25. The molecule has 5 heterocycles. The minimum Gasteiger partial charge on any atom is -0.357 e. The summed E-state index contributed by atoms with van der Waals surface area (Å²) in [6.45, 7) is 11.2. The fraction of sp³-hybridized carbons (Fsp3) is 0.708. The van der Waals surface area contributed by atoms with E-state index in [1.165, 1.54) is 64.0 Å². The number of benzene rings is 1. The number of nitrogens with zero attached hydrogens (tertiary/aromatic N) is 4. The molecule has 6 rings (SSSR count). The van der Waals surface area contributed by atoms with Crippen LogP contribution in [0, 0.1) is 0 Å². The highest BCUT2D eigenvalue weighted by Gasteiger charge is 2.40. The molecule has 3 atom stereocenters. The minimum atomic E-state index is 0.541. The molecule has 5 saturated heterocycles. The van der Waals surface area contributed by atoms with Crippen LogP contribution in [0.1, 0.15) is 38.2 Å². The van der Waals surface area contributed by atoms with Gasteiger partial charge in [0.1, 0.15) is 0 Å². The van der Waals surface area contributed by atoms with Crippen LogP contribution < -0.4 is 10.6 Å². The van der Waals surface area contributed by atoms with Crippen molar-refractivity contribution in [2.45, 2.75) is 63.3 Å². The number of hydrogen-bond acceptors (Lipinski definition) is 4. The van der Waals surface area contributed by atoms with E-state index in [4.69, 9.17) is 4.99 Å². The van der Waals surface area contributed by atoms with Gasteiger partial charge >= 0.3 is 0 Å². The third kappa shape index (κ3) is 4.51. The van der Waals surface area contributed by atoms with Crippen LogP contribution in [0.15, 0.2) is 35.3 Å². The highest BCUT2D eigenvalue weighted by Crippen LogP contribution is 2.36. The van der Waals surface area contributed by atoms with Crippen molar-refractivity contribution in [1.29, 1.82) is 0 Å². The summed E-state index contributed by atoms with van der Waals surface area (Å²) in [5, 5.41) is 7.31. The lowest BCUT2D eigenvalue weighted by Crippen LogP contribution is -2.62. The van der Waals surface area contributed by atoms with E-state index >= 15 is 0 Å². The third-order valence-electron chi connectivity index (χ3n) is 7.63. The van der Waals surface area contributed by atoms with Gasteiger partial charge in [-0.25, -0.2) is 0 Å². The normalized spacial score (nSPS) is 36.1. The predicted octanol–water partition coefficient (Wildman–Crippen LogP) is 1.74. The largest absolute Gasteiger partial charge is 0.357 e. The van der Waals surface area contributed by atoms with E-state index in [0.717, 1.165) is 25.6 Å². The molecule has 6 heteroatoms. The summed E-state index contributed by atoms with van der Waals surface area (Å²) in [7, 11) is 0. The van der Waals surface area contributed by atoms with Crippen LogP contribution in [0.3, 0.4) is 0 Å². The Morgan fingerprint density at radius 1 is 1.03 bits per heavy atom. The number of piperidine rings is 1. The van der Waals surface area contributed by atoms with Crippen LogP contribution in [0.25, 0.3) is 0 Å². The van der Waals surface area contributed by atoms with Crippen molar-refractivity contribution in [3.63, 3.8) is 0 Å². The van der Waals surface area contributed by atoms with Gasteiger partial charge in [0.15, 0.2) is 5.96 Å². The Bertz CT molecular complexity index is 700. The number of fused-ring (bicyclic) bond motifs is 5. The quantitative estimate of drug-likeness (QED) is 0.553. The average molecular weight is 411 g/mol. The molecule has 0 saturated carbocycles. The number of guanidine groups is 1. The summed E-state index contributed by atoms with van der Waals surface area (Å²) in [6.07, 6.45) is 5.15. The maximum absolute atomic E-state index is 5.02. The van der Waals surface area contributed by atoms with E-state index in [9.17, 15) is 0 Å². The van der Waals surface area contributed by atoms with E-state index in [1.807, 2.05) is 0 Å². The van der Waals surface area contributed by atoms with Crippen molar-refractivity contribution in [3.8, 4) is 0 Å². The van der Waals surface area contributed by atoms with Gasteiger partial charge in [-0.3, -0.25) is 19.7 Å². The fourth-order valence-electron chi connectivity index (χ4n) is 6.05. The molecule has 1 aromatic rings. The molecule has 0 aliphatic carbocycles. The number of piperazine rings is 3. The topological polar surface area (TPSA) is 46.1 Å². The van der Waals surface area contributed by atoms with Gasteiger partial charge in [-0.1, -0.05) is 30.3 Å². The predicted molar refractivity (Wildman–Crippen MR) is 123 cm³/mol. The first-order valence-corrected chi connectivity index (χ1v) is 12.1. The lowest BCUT2D eigenvalue weighted by molar-refractivity contribution is 0.0174. The number of nitrogens with one attached hydrogen (secondary N) is 2. The third-order valence-corrected chi connectivity index (χ3v) is 7.63. The zero-order chi connectivity index (χ0) is 20.3. The van der Waals surface area contributed by atoms with Gasteiger partial charge in [-0.15, -0.1) is 0 Å². The molecule has 6 nitrogen and oxygen atoms in total. The summed E-state index contributed by atoms with van der Waals surface area (Å²) in [5.74, 6) is 1.02. The molecule has 164 valence electrons. The summed E-state index contributed by atoms with van der Waals surface area (Å²) in [4.78, 5) is 13.0. The molecule has 5 aliphatic heterocycles. The van der Waals surface area contributed by atoms with Crippen LogP contribution in [-0.4, -0.2) is 90.6 Å². The molecule has 2 N–H and O–H groups in total. The summed E-state index contributed by atoms with van der Waals surface area (Å²) in [5.41, 5.74) is 1.45. The first-order valence-electron chi connectivity index (χ1n) is 12.1. The van der Waals surface area contributed by atoms with Crippen molar-refractivity contribution in [3.05, 3.63) is 35.9 Å². The Labute approximate surface area is 181 Å². The zero-order valence-electron chi connectivity index (χ0n) is 18.5. The van der Waals surface area contributed by atoms with Gasteiger partial charge in [0.2, 0.25) is 0 Å². The molecule has 0 aromatic heterocycles. The SMILES string of the molecule is CCNC(=NCC1CN2CCN1CC2)NC1CC2CCC(C1)N2Cc1ccccc1. The second-order valence-corrected chi connectivity index (χ2v) is 9.57. The van der Waals surface area contributed by atoms with Gasteiger partial charge in [-0.05, 0) is 38.2 Å². The monoisotopic (exact) mass is 410 g/mol. The molecule has 5 aliphatic rings. The summed E-state index contributed by atoms with van der Waals surface area (Å²) < 4.78 is 0. The van der Waals surface area contributed by atoms with Gasteiger partial charge in [0, 0.05) is 70.0 Å². The maximum Gasteiger partial charge on any atom is 0.191 e. The molecule has 4 bridgehead atoms. The smallest absolute Gasteiger partial charge is 0.191 e. The maximum atomic E-state index is 5.02. The van der Waals surface area contributed by atoms with Crippen LogP contribution in [0.2, 0.25) is 0 Å². The van der Waals surface area contributed by atoms with Gasteiger partial charge in [0.05, 0.1) is 6.54 Å². The molecular formula is C24H38N6. The van der Waals surface area contributed by atoms with Gasteiger partial charge in [-0.2, -0.15) is 0 Å². The van der Waals surface area contributed by atoms with Crippen molar-refractivity contribution < 1.29 is 0 Å². The molecule has 0 spiro atoms. The van der Waals surface area contributed by atoms with E-state index in [-0.39, 0.29) is 0 Å². The number of hydrogen-bond donors (Lipinski definition) is 2. The molecule has 5 fully saturated rings.